The number of para-hydroxylation sites is 1. The van der Waals surface area contributed by atoms with Gasteiger partial charge in [0.25, 0.3) is 0 Å². The molecule has 0 amide bonds. The Hall–Kier alpha value is -2.13. The summed E-state index contributed by atoms with van der Waals surface area (Å²) in [6, 6.07) is 12.3. The van der Waals surface area contributed by atoms with Crippen LogP contribution in [-0.4, -0.2) is 5.71 Å². The van der Waals surface area contributed by atoms with E-state index in [0.29, 0.717) is 0 Å². The van der Waals surface area contributed by atoms with Gasteiger partial charge in [-0.15, -0.1) is 11.3 Å². The molecule has 1 aliphatic carbocycles. The fourth-order valence-electron chi connectivity index (χ4n) is 3.27. The average Bonchev–Trinajstić information content (AvgIpc) is 3.38. The van der Waals surface area contributed by atoms with Gasteiger partial charge in [-0.25, -0.2) is 0 Å². The summed E-state index contributed by atoms with van der Waals surface area (Å²) in [6.07, 6.45) is 9.41. The lowest BCUT2D eigenvalue weighted by Crippen LogP contribution is -2.03. The van der Waals surface area contributed by atoms with Crippen LogP contribution in [0.1, 0.15) is 91.0 Å². The van der Waals surface area contributed by atoms with Crippen molar-refractivity contribution in [3.8, 4) is 0 Å². The molecule has 2 nitrogen and oxygen atoms in total. The Morgan fingerprint density at radius 1 is 1.03 bits per heavy atom. The molecule has 0 radical (unpaired) electrons. The summed E-state index contributed by atoms with van der Waals surface area (Å²) >= 11 is 1.69. The maximum Gasteiger partial charge on any atom is 0.0819 e. The molecule has 0 saturated heterocycles. The standard InChI is InChI=1S/C18H20N2S.C7H14.2C2H6/c1-5-16(20-15(4)18-11-8-12-21-18)14(3)19-17-10-7-6-9-13(17)2;1-7-5-3-2-4-6-7;2*1-2/h5-12,19H,3H2,1-2,4H3;7H,2-6H2,1H3;2*1-2H3/b16-5-,20-15?;;;. The topological polar surface area (TPSA) is 24.4 Å². The van der Waals surface area contributed by atoms with Crippen LogP contribution in [0.25, 0.3) is 0 Å². The van der Waals surface area contributed by atoms with E-state index in [4.69, 9.17) is 0 Å². The van der Waals surface area contributed by atoms with E-state index in [1.165, 1.54) is 42.5 Å². The summed E-state index contributed by atoms with van der Waals surface area (Å²) < 4.78 is 0. The number of nitrogens with one attached hydrogen (secondary N) is 1. The molecule has 1 aliphatic rings. The first-order valence-electron chi connectivity index (χ1n) is 12.3. The normalized spacial score (nSPS) is 14.0. The van der Waals surface area contributed by atoms with E-state index in [1.807, 2.05) is 71.9 Å². The van der Waals surface area contributed by atoms with E-state index >= 15 is 0 Å². The van der Waals surface area contributed by atoms with Gasteiger partial charge < -0.3 is 5.32 Å². The molecule has 0 unspecified atom stereocenters. The molecule has 0 atom stereocenters. The predicted octanol–water partition coefficient (Wildman–Crippen LogP) is 10.0. The third kappa shape index (κ3) is 11.5. The molecule has 1 aromatic heterocycles. The van der Waals surface area contributed by atoms with Crippen molar-refractivity contribution in [2.45, 2.75) is 87.5 Å². The lowest BCUT2D eigenvalue weighted by atomic mass is 9.91. The molecular weight excluding hydrogens is 408 g/mol. The van der Waals surface area contributed by atoms with Gasteiger partial charge in [0.15, 0.2) is 0 Å². The Morgan fingerprint density at radius 2 is 1.66 bits per heavy atom. The van der Waals surface area contributed by atoms with Gasteiger partial charge in [-0.3, -0.25) is 4.99 Å². The van der Waals surface area contributed by atoms with Gasteiger partial charge in [0.1, 0.15) is 0 Å². The fourth-order valence-corrected chi connectivity index (χ4v) is 3.95. The molecule has 178 valence electrons. The number of aryl methyl sites for hydroxylation is 1. The highest BCUT2D eigenvalue weighted by atomic mass is 32.1. The minimum absolute atomic E-state index is 0.808. The molecule has 0 aliphatic heterocycles. The number of rotatable bonds is 5. The summed E-state index contributed by atoms with van der Waals surface area (Å²) in [6.45, 7) is 20.5. The summed E-state index contributed by atoms with van der Waals surface area (Å²) in [5.41, 5.74) is 4.93. The zero-order valence-electron chi connectivity index (χ0n) is 21.8. The molecule has 3 rings (SSSR count). The van der Waals surface area contributed by atoms with Crippen molar-refractivity contribution < 1.29 is 0 Å². The maximum atomic E-state index is 4.69. The van der Waals surface area contributed by atoms with E-state index in [9.17, 15) is 0 Å². The Labute approximate surface area is 202 Å². The molecule has 3 heteroatoms. The predicted molar refractivity (Wildman–Crippen MR) is 149 cm³/mol. The number of hydrogen-bond donors (Lipinski definition) is 1. The van der Waals surface area contributed by atoms with E-state index in [2.05, 4.69) is 48.2 Å². The van der Waals surface area contributed by atoms with Crippen molar-refractivity contribution in [1.82, 2.24) is 0 Å². The molecule has 0 spiro atoms. The van der Waals surface area contributed by atoms with E-state index < -0.39 is 0 Å². The van der Waals surface area contributed by atoms with E-state index in [0.717, 1.165) is 28.7 Å². The molecule has 32 heavy (non-hydrogen) atoms. The molecule has 0 bridgehead atoms. The second-order valence-electron chi connectivity index (χ2n) is 7.51. The van der Waals surface area contributed by atoms with Gasteiger partial charge >= 0.3 is 0 Å². The third-order valence-electron chi connectivity index (χ3n) is 5.07. The lowest BCUT2D eigenvalue weighted by Gasteiger charge is -2.15. The highest BCUT2D eigenvalue weighted by Crippen LogP contribution is 2.22. The van der Waals surface area contributed by atoms with Crippen molar-refractivity contribution in [3.05, 3.63) is 76.3 Å². The Kier molecular flexibility index (Phi) is 17.2. The second-order valence-corrected chi connectivity index (χ2v) is 8.46. The number of hydrogen-bond acceptors (Lipinski definition) is 3. The number of thiophene rings is 1. The zero-order chi connectivity index (χ0) is 24.4. The molecule has 1 heterocycles. The van der Waals surface area contributed by atoms with Crippen molar-refractivity contribution in [2.75, 3.05) is 5.32 Å². The number of allylic oxidation sites excluding steroid dienone is 1. The minimum Gasteiger partial charge on any atom is -0.354 e. The van der Waals surface area contributed by atoms with Crippen LogP contribution in [0.3, 0.4) is 0 Å². The number of nitrogens with zero attached hydrogens (tertiary/aromatic N) is 1. The summed E-state index contributed by atoms with van der Waals surface area (Å²) in [7, 11) is 0. The van der Waals surface area contributed by atoms with Gasteiger partial charge in [-0.05, 0) is 49.8 Å². The zero-order valence-corrected chi connectivity index (χ0v) is 22.6. The number of aliphatic imine (C=N–C) groups is 1. The monoisotopic (exact) mass is 454 g/mol. The van der Waals surface area contributed by atoms with E-state index in [-0.39, 0.29) is 0 Å². The third-order valence-corrected chi connectivity index (χ3v) is 6.05. The summed E-state index contributed by atoms with van der Waals surface area (Å²) in [5, 5.41) is 5.41. The Morgan fingerprint density at radius 3 is 2.12 bits per heavy atom. The first kappa shape index (κ1) is 29.9. The lowest BCUT2D eigenvalue weighted by molar-refractivity contribution is 0.385. The first-order valence-corrected chi connectivity index (χ1v) is 13.2. The van der Waals surface area contributed by atoms with Gasteiger partial charge in [0.05, 0.1) is 17.1 Å². The SMILES string of the molecule is C=C(Nc1ccccc1C)/C(=C/C)N=C(C)c1cccs1.CC.CC.CC1CCCCC1. The second kappa shape index (κ2) is 18.4. The van der Waals surface area contributed by atoms with Gasteiger partial charge in [-0.1, -0.05) is 104 Å². The largest absolute Gasteiger partial charge is 0.354 e. The molecule has 1 N–H and O–H groups in total. The van der Waals surface area contributed by atoms with Crippen LogP contribution in [-0.2, 0) is 0 Å². The van der Waals surface area contributed by atoms with Gasteiger partial charge in [0.2, 0.25) is 0 Å². The Balaban J connectivity index is 0.000000727. The van der Waals surface area contributed by atoms with Crippen molar-refractivity contribution in [3.63, 3.8) is 0 Å². The number of anilines is 1. The molecule has 1 aromatic carbocycles. The summed E-state index contributed by atoms with van der Waals surface area (Å²) in [4.78, 5) is 5.87. The minimum atomic E-state index is 0.808. The molecule has 1 fully saturated rings. The first-order chi connectivity index (χ1) is 15.5. The van der Waals surface area contributed by atoms with Crippen LogP contribution in [0.15, 0.2) is 70.8 Å². The molecule has 2 aromatic rings. The Bertz CT molecular complexity index is 794. The van der Waals surface area contributed by atoms with Crippen molar-refractivity contribution >= 4 is 22.7 Å². The quantitative estimate of drug-likeness (QED) is 0.352. The van der Waals surface area contributed by atoms with Crippen molar-refractivity contribution in [2.24, 2.45) is 10.9 Å². The van der Waals surface area contributed by atoms with Crippen LogP contribution in [0.4, 0.5) is 5.69 Å². The molecular formula is C29H46N2S. The van der Waals surface area contributed by atoms with Crippen molar-refractivity contribution in [1.29, 1.82) is 0 Å². The molecule has 1 saturated carbocycles. The van der Waals surface area contributed by atoms with E-state index in [1.54, 1.807) is 11.3 Å². The van der Waals surface area contributed by atoms with Crippen LogP contribution >= 0.6 is 11.3 Å². The van der Waals surface area contributed by atoms with Crippen LogP contribution in [0, 0.1) is 12.8 Å². The van der Waals surface area contributed by atoms with Crippen LogP contribution in [0.2, 0.25) is 0 Å². The van der Waals surface area contributed by atoms with Gasteiger partial charge in [0, 0.05) is 10.6 Å². The highest BCUT2D eigenvalue weighted by molar-refractivity contribution is 7.12. The van der Waals surface area contributed by atoms with Crippen LogP contribution in [0.5, 0.6) is 0 Å². The smallest absolute Gasteiger partial charge is 0.0819 e. The summed E-state index contributed by atoms with van der Waals surface area (Å²) in [5.74, 6) is 1.04. The highest BCUT2D eigenvalue weighted by Gasteiger charge is 2.06. The van der Waals surface area contributed by atoms with Gasteiger partial charge in [-0.2, -0.15) is 0 Å². The fraction of sp³-hybridized carbons (Fsp3) is 0.483. The number of benzene rings is 1. The van der Waals surface area contributed by atoms with Crippen LogP contribution < -0.4 is 5.32 Å². The maximum absolute atomic E-state index is 4.69. The average molecular weight is 455 g/mol.